The second kappa shape index (κ2) is 8.26. The van der Waals surface area contributed by atoms with Gasteiger partial charge < -0.3 is 9.84 Å². The Bertz CT molecular complexity index is 1100. The van der Waals surface area contributed by atoms with Crippen molar-refractivity contribution in [2.24, 2.45) is 16.2 Å². The first-order valence-corrected chi connectivity index (χ1v) is 13.2. The quantitative estimate of drug-likeness (QED) is 0.463. The monoisotopic (exact) mass is 482 g/mol. The van der Waals surface area contributed by atoms with E-state index in [1.807, 2.05) is 34.6 Å². The number of hydrogen-bond donors (Lipinski definition) is 1. The SMILES string of the molecule is CC1=C(CCC2=C(C)C(=O)C(O)=C3C(C)(C)C(=O)CC[C@]23C)[C@]2(C)CCC(=O)C(C)(C)O[C@H]2CC1. The van der Waals surface area contributed by atoms with E-state index in [1.165, 1.54) is 11.1 Å². The van der Waals surface area contributed by atoms with Crippen molar-refractivity contribution in [2.75, 3.05) is 0 Å². The molecule has 5 nitrogen and oxygen atoms in total. The third-order valence-electron chi connectivity index (χ3n) is 9.94. The maximum Gasteiger partial charge on any atom is 0.223 e. The summed E-state index contributed by atoms with van der Waals surface area (Å²) in [4.78, 5) is 38.7. The Morgan fingerprint density at radius 3 is 2.11 bits per heavy atom. The number of rotatable bonds is 3. The number of fused-ring (bicyclic) bond motifs is 2. The zero-order chi connectivity index (χ0) is 26.1. The fourth-order valence-electron chi connectivity index (χ4n) is 7.64. The maximum absolute atomic E-state index is 13.1. The van der Waals surface area contributed by atoms with Crippen molar-refractivity contribution in [2.45, 2.75) is 118 Å². The number of allylic oxidation sites excluding steroid dienone is 4. The average molecular weight is 483 g/mol. The molecule has 4 aliphatic rings. The van der Waals surface area contributed by atoms with E-state index in [-0.39, 0.29) is 34.6 Å². The molecule has 192 valence electrons. The van der Waals surface area contributed by atoms with Gasteiger partial charge in [0.2, 0.25) is 5.78 Å². The van der Waals surface area contributed by atoms with Crippen molar-refractivity contribution in [3.8, 4) is 0 Å². The second-order valence-electron chi connectivity index (χ2n) is 12.8. The van der Waals surface area contributed by atoms with Gasteiger partial charge in [0, 0.05) is 34.7 Å². The molecule has 0 radical (unpaired) electrons. The van der Waals surface area contributed by atoms with Gasteiger partial charge in [-0.1, -0.05) is 30.6 Å². The van der Waals surface area contributed by atoms with Crippen molar-refractivity contribution < 1.29 is 24.2 Å². The van der Waals surface area contributed by atoms with Crippen LogP contribution in [0.25, 0.3) is 0 Å². The molecule has 1 saturated carbocycles. The highest BCUT2D eigenvalue weighted by atomic mass is 16.5. The second-order valence-corrected chi connectivity index (χ2v) is 12.8. The predicted octanol–water partition coefficient (Wildman–Crippen LogP) is 6.52. The fraction of sp³-hybridized carbons (Fsp3) is 0.700. The number of aliphatic hydroxyl groups excluding tert-OH is 1. The Kier molecular flexibility index (Phi) is 6.15. The van der Waals surface area contributed by atoms with Crippen LogP contribution in [0.15, 0.2) is 33.6 Å². The summed E-state index contributed by atoms with van der Waals surface area (Å²) >= 11 is 0. The summed E-state index contributed by atoms with van der Waals surface area (Å²) in [7, 11) is 0. The van der Waals surface area contributed by atoms with Crippen LogP contribution in [0, 0.1) is 16.2 Å². The summed E-state index contributed by atoms with van der Waals surface area (Å²) in [6, 6.07) is 0. The molecule has 1 aliphatic heterocycles. The summed E-state index contributed by atoms with van der Waals surface area (Å²) in [6.45, 7) is 15.8. The Labute approximate surface area is 210 Å². The molecule has 1 saturated heterocycles. The van der Waals surface area contributed by atoms with E-state index < -0.39 is 16.4 Å². The first kappa shape index (κ1) is 26.1. The van der Waals surface area contributed by atoms with Gasteiger partial charge in [-0.15, -0.1) is 0 Å². The highest BCUT2D eigenvalue weighted by Crippen LogP contribution is 2.58. The summed E-state index contributed by atoms with van der Waals surface area (Å²) in [5.74, 6) is -0.343. The zero-order valence-corrected chi connectivity index (χ0v) is 22.8. The lowest BCUT2D eigenvalue weighted by Crippen LogP contribution is -2.46. The molecule has 0 amide bonds. The van der Waals surface area contributed by atoms with E-state index in [0.29, 0.717) is 36.8 Å². The standard InChI is InChI=1S/C30H42O5/c1-17-9-12-23-29(7,15-14-22(32)28(5,6)35-23)19(17)10-11-20-18(2)24(33)25(34)26-27(3,4)21(31)13-16-30(20,26)8/h23,34H,9-16H2,1-8H3/t23-,29-,30+/m0/s1. The largest absolute Gasteiger partial charge is 0.504 e. The summed E-state index contributed by atoms with van der Waals surface area (Å²) < 4.78 is 6.46. The third kappa shape index (κ3) is 3.80. The minimum Gasteiger partial charge on any atom is -0.504 e. The van der Waals surface area contributed by atoms with Gasteiger partial charge in [-0.2, -0.15) is 0 Å². The molecule has 3 aliphatic carbocycles. The molecule has 0 aromatic carbocycles. The van der Waals surface area contributed by atoms with Crippen LogP contribution in [0.2, 0.25) is 0 Å². The molecule has 0 aromatic rings. The van der Waals surface area contributed by atoms with Crippen LogP contribution in [-0.4, -0.2) is 34.2 Å². The number of carbonyl (C=O) groups excluding carboxylic acids is 3. The van der Waals surface area contributed by atoms with Crippen molar-refractivity contribution in [3.05, 3.63) is 33.6 Å². The molecule has 1 N–H and O–H groups in total. The lowest BCUT2D eigenvalue weighted by Gasteiger charge is -2.49. The Hall–Kier alpha value is -2.01. The van der Waals surface area contributed by atoms with Crippen LogP contribution in [0.1, 0.15) is 107 Å². The molecule has 1 heterocycles. The van der Waals surface area contributed by atoms with Crippen molar-refractivity contribution >= 4 is 17.3 Å². The molecule has 2 fully saturated rings. The van der Waals surface area contributed by atoms with Gasteiger partial charge in [-0.3, -0.25) is 14.4 Å². The van der Waals surface area contributed by atoms with Gasteiger partial charge in [0.25, 0.3) is 0 Å². The number of aliphatic hydroxyl groups is 1. The zero-order valence-electron chi connectivity index (χ0n) is 22.8. The van der Waals surface area contributed by atoms with Gasteiger partial charge >= 0.3 is 0 Å². The highest BCUT2D eigenvalue weighted by Gasteiger charge is 2.54. The highest BCUT2D eigenvalue weighted by molar-refractivity contribution is 6.10. The maximum atomic E-state index is 13.1. The van der Waals surface area contributed by atoms with Crippen LogP contribution in [0.4, 0.5) is 0 Å². The lowest BCUT2D eigenvalue weighted by atomic mass is 9.53. The van der Waals surface area contributed by atoms with Crippen LogP contribution < -0.4 is 0 Å². The van der Waals surface area contributed by atoms with E-state index in [0.717, 1.165) is 31.3 Å². The molecular weight excluding hydrogens is 440 g/mol. The van der Waals surface area contributed by atoms with Crippen molar-refractivity contribution in [1.29, 1.82) is 0 Å². The summed E-state index contributed by atoms with van der Waals surface area (Å²) in [5.41, 5.74) is 2.61. The fourth-order valence-corrected chi connectivity index (χ4v) is 7.64. The molecule has 0 spiro atoms. The van der Waals surface area contributed by atoms with Crippen LogP contribution in [0.3, 0.4) is 0 Å². The first-order valence-electron chi connectivity index (χ1n) is 13.2. The van der Waals surface area contributed by atoms with E-state index in [2.05, 4.69) is 20.8 Å². The van der Waals surface area contributed by atoms with Gasteiger partial charge in [0.1, 0.15) is 11.4 Å². The lowest BCUT2D eigenvalue weighted by molar-refractivity contribution is -0.150. The van der Waals surface area contributed by atoms with Gasteiger partial charge in [-0.25, -0.2) is 0 Å². The molecule has 0 unspecified atom stereocenters. The van der Waals surface area contributed by atoms with Crippen molar-refractivity contribution in [3.63, 3.8) is 0 Å². The molecule has 0 aromatic heterocycles. The van der Waals surface area contributed by atoms with Gasteiger partial charge in [-0.05, 0) is 85.6 Å². The smallest absolute Gasteiger partial charge is 0.223 e. The van der Waals surface area contributed by atoms with E-state index in [4.69, 9.17) is 4.74 Å². The normalized spacial score (nSPS) is 35.2. The molecule has 35 heavy (non-hydrogen) atoms. The number of carbonyl (C=O) groups is 3. The Balaban J connectivity index is 1.70. The average Bonchev–Trinajstić information content (AvgIpc) is 2.85. The van der Waals surface area contributed by atoms with Gasteiger partial charge in [0.05, 0.1) is 6.10 Å². The Morgan fingerprint density at radius 2 is 1.46 bits per heavy atom. The van der Waals surface area contributed by atoms with E-state index in [9.17, 15) is 19.5 Å². The molecular formula is C30H42O5. The minimum absolute atomic E-state index is 0.00737. The van der Waals surface area contributed by atoms with Crippen LogP contribution in [-0.2, 0) is 19.1 Å². The number of ketones is 3. The molecule has 4 rings (SSSR count). The molecule has 5 heteroatoms. The number of hydrogen-bond acceptors (Lipinski definition) is 5. The molecule has 3 atom stereocenters. The van der Waals surface area contributed by atoms with Crippen molar-refractivity contribution in [1.82, 2.24) is 0 Å². The van der Waals surface area contributed by atoms with Gasteiger partial charge in [0.15, 0.2) is 11.5 Å². The predicted molar refractivity (Wildman–Crippen MR) is 136 cm³/mol. The van der Waals surface area contributed by atoms with E-state index in [1.54, 1.807) is 0 Å². The topological polar surface area (TPSA) is 80.7 Å². The van der Waals surface area contributed by atoms with Crippen LogP contribution in [0.5, 0.6) is 0 Å². The summed E-state index contributed by atoms with van der Waals surface area (Å²) in [5, 5.41) is 10.9. The number of ether oxygens (including phenoxy) is 1. The molecule has 0 bridgehead atoms. The first-order chi connectivity index (χ1) is 16.1. The Morgan fingerprint density at radius 1 is 0.857 bits per heavy atom. The van der Waals surface area contributed by atoms with E-state index >= 15 is 0 Å². The summed E-state index contributed by atoms with van der Waals surface area (Å²) in [6.07, 6.45) is 5.66. The minimum atomic E-state index is -0.864. The van der Waals surface area contributed by atoms with Crippen LogP contribution >= 0.6 is 0 Å². The number of Topliss-reactive ketones (excluding diaryl/α,β-unsaturated/α-hetero) is 3. The third-order valence-corrected chi connectivity index (χ3v) is 9.94.